The summed E-state index contributed by atoms with van der Waals surface area (Å²) in [7, 11) is 1.86. The molecule has 0 aliphatic carbocycles. The first-order valence-electron chi connectivity index (χ1n) is 7.55. The molecule has 1 aromatic rings. The normalized spacial score (nSPS) is 20.6. The van der Waals surface area contributed by atoms with Crippen LogP contribution in [0.3, 0.4) is 0 Å². The van der Waals surface area contributed by atoms with E-state index in [9.17, 15) is 0 Å². The Morgan fingerprint density at radius 1 is 1.05 bits per heavy atom. The summed E-state index contributed by atoms with van der Waals surface area (Å²) < 4.78 is 11.9. The zero-order chi connectivity index (χ0) is 15.5. The fourth-order valence-corrected chi connectivity index (χ4v) is 2.28. The Balaban J connectivity index is 1.81. The summed E-state index contributed by atoms with van der Waals surface area (Å²) in [5.74, 6) is 2.01. The van der Waals surface area contributed by atoms with Crippen molar-refractivity contribution in [2.45, 2.75) is 45.4 Å². The fraction of sp³-hybridized carbons (Fsp3) is 0.529. The summed E-state index contributed by atoms with van der Waals surface area (Å²) in [6.45, 7) is 10.1. The average Bonchev–Trinajstić information content (AvgIpc) is 2.58. The Labute approximate surface area is 129 Å². The highest BCUT2D eigenvalue weighted by Crippen LogP contribution is 2.36. The molecular formula is C17H26BNO2. The first-order chi connectivity index (χ1) is 9.80. The second-order valence-electron chi connectivity index (χ2n) is 6.74. The van der Waals surface area contributed by atoms with Gasteiger partial charge in [0.25, 0.3) is 0 Å². The molecule has 0 N–H and O–H groups in total. The molecule has 114 valence electrons. The molecule has 0 bridgehead atoms. The number of hydrogen-bond acceptors (Lipinski definition) is 3. The zero-order valence-electron chi connectivity index (χ0n) is 13.8. The molecule has 1 aliphatic rings. The van der Waals surface area contributed by atoms with Crippen molar-refractivity contribution in [1.82, 2.24) is 4.90 Å². The van der Waals surface area contributed by atoms with Crippen molar-refractivity contribution in [3.8, 4) is 0 Å². The van der Waals surface area contributed by atoms with Crippen molar-refractivity contribution >= 4 is 7.12 Å². The topological polar surface area (TPSA) is 21.7 Å². The number of nitrogens with zero attached hydrogens (tertiary/aromatic N) is 1. The van der Waals surface area contributed by atoms with Gasteiger partial charge in [-0.3, -0.25) is 4.90 Å². The molecule has 0 unspecified atom stereocenters. The SMILES string of the molecule is CN(C/C=C/B1OC(C)(C)C(C)(C)O1)Cc1ccccc1. The lowest BCUT2D eigenvalue weighted by Crippen LogP contribution is -2.41. The highest BCUT2D eigenvalue weighted by Gasteiger charge is 2.49. The molecular weight excluding hydrogens is 261 g/mol. The van der Waals surface area contributed by atoms with E-state index in [2.05, 4.69) is 70.0 Å². The lowest BCUT2D eigenvalue weighted by molar-refractivity contribution is 0.00578. The monoisotopic (exact) mass is 287 g/mol. The molecule has 0 radical (unpaired) electrons. The van der Waals surface area contributed by atoms with Gasteiger partial charge in [-0.2, -0.15) is 0 Å². The summed E-state index contributed by atoms with van der Waals surface area (Å²) in [5.41, 5.74) is 0.791. The van der Waals surface area contributed by atoms with Crippen LogP contribution in [-0.2, 0) is 15.9 Å². The van der Waals surface area contributed by atoms with Crippen LogP contribution in [-0.4, -0.2) is 36.8 Å². The molecule has 4 heteroatoms. The third kappa shape index (κ3) is 4.19. The van der Waals surface area contributed by atoms with Crippen LogP contribution in [0.15, 0.2) is 42.4 Å². The van der Waals surface area contributed by atoms with Crippen LogP contribution in [0.4, 0.5) is 0 Å². The lowest BCUT2D eigenvalue weighted by atomic mass is 9.90. The average molecular weight is 287 g/mol. The fourth-order valence-electron chi connectivity index (χ4n) is 2.28. The maximum absolute atomic E-state index is 5.94. The Morgan fingerprint density at radius 3 is 2.19 bits per heavy atom. The highest BCUT2D eigenvalue weighted by atomic mass is 16.7. The number of hydrogen-bond donors (Lipinski definition) is 0. The second-order valence-corrected chi connectivity index (χ2v) is 6.74. The summed E-state index contributed by atoms with van der Waals surface area (Å²) >= 11 is 0. The van der Waals surface area contributed by atoms with Gasteiger partial charge in [0, 0.05) is 13.1 Å². The molecule has 1 aliphatic heterocycles. The van der Waals surface area contributed by atoms with E-state index in [0.717, 1.165) is 13.1 Å². The molecule has 0 saturated carbocycles. The van der Waals surface area contributed by atoms with Crippen LogP contribution >= 0.6 is 0 Å². The number of benzene rings is 1. The Kier molecular flexibility index (Phi) is 4.92. The van der Waals surface area contributed by atoms with E-state index in [4.69, 9.17) is 9.31 Å². The highest BCUT2D eigenvalue weighted by molar-refractivity contribution is 6.51. The molecule has 1 aromatic carbocycles. The van der Waals surface area contributed by atoms with E-state index < -0.39 is 0 Å². The largest absolute Gasteiger partial charge is 0.486 e. The minimum absolute atomic E-state index is 0.250. The summed E-state index contributed by atoms with van der Waals surface area (Å²) in [5, 5.41) is 0. The second kappa shape index (κ2) is 6.35. The van der Waals surface area contributed by atoms with Gasteiger partial charge in [0.15, 0.2) is 0 Å². The van der Waals surface area contributed by atoms with Gasteiger partial charge >= 0.3 is 7.12 Å². The van der Waals surface area contributed by atoms with Crippen molar-refractivity contribution in [1.29, 1.82) is 0 Å². The van der Waals surface area contributed by atoms with E-state index >= 15 is 0 Å². The van der Waals surface area contributed by atoms with Crippen molar-refractivity contribution in [2.24, 2.45) is 0 Å². The van der Waals surface area contributed by atoms with Gasteiger partial charge in [-0.15, -0.1) is 0 Å². The molecule has 21 heavy (non-hydrogen) atoms. The molecule has 1 fully saturated rings. The van der Waals surface area contributed by atoms with Crippen LogP contribution in [0.1, 0.15) is 33.3 Å². The van der Waals surface area contributed by atoms with E-state index in [-0.39, 0.29) is 18.3 Å². The molecule has 0 spiro atoms. The number of likely N-dealkylation sites (N-methyl/N-ethyl adjacent to an activating group) is 1. The van der Waals surface area contributed by atoms with Gasteiger partial charge in [0.1, 0.15) is 0 Å². The van der Waals surface area contributed by atoms with Crippen LogP contribution < -0.4 is 0 Å². The van der Waals surface area contributed by atoms with Crippen LogP contribution in [0, 0.1) is 0 Å². The zero-order valence-corrected chi connectivity index (χ0v) is 13.8. The molecule has 2 rings (SSSR count). The molecule has 0 amide bonds. The Bertz CT molecular complexity index is 469. The number of rotatable bonds is 5. The third-order valence-electron chi connectivity index (χ3n) is 4.28. The first-order valence-corrected chi connectivity index (χ1v) is 7.55. The van der Waals surface area contributed by atoms with Crippen molar-refractivity contribution in [2.75, 3.05) is 13.6 Å². The summed E-state index contributed by atoms with van der Waals surface area (Å²) in [6, 6.07) is 10.5. The van der Waals surface area contributed by atoms with E-state index in [1.54, 1.807) is 0 Å². The van der Waals surface area contributed by atoms with Gasteiger partial charge < -0.3 is 9.31 Å². The molecule has 0 atom stereocenters. The maximum Gasteiger partial charge on any atom is 0.486 e. The maximum atomic E-state index is 5.94. The molecule has 1 heterocycles. The van der Waals surface area contributed by atoms with Gasteiger partial charge in [0.05, 0.1) is 11.2 Å². The predicted octanol–water partition coefficient (Wildman–Crippen LogP) is 3.31. The van der Waals surface area contributed by atoms with Crippen LogP contribution in [0.2, 0.25) is 0 Å². The summed E-state index contributed by atoms with van der Waals surface area (Å²) in [6.07, 6.45) is 2.12. The minimum atomic E-state index is -0.266. The Morgan fingerprint density at radius 2 is 1.62 bits per heavy atom. The van der Waals surface area contributed by atoms with Gasteiger partial charge in [-0.25, -0.2) is 0 Å². The van der Waals surface area contributed by atoms with Crippen molar-refractivity contribution in [3.63, 3.8) is 0 Å². The standard InChI is InChI=1S/C17H26BNO2/c1-16(2)17(3,4)21-18(20-16)12-9-13-19(5)14-15-10-7-6-8-11-15/h6-12H,13-14H2,1-5H3/b12-9+. The Hall–Kier alpha value is -1.10. The predicted molar refractivity (Wildman–Crippen MR) is 88.0 cm³/mol. The molecule has 3 nitrogen and oxygen atoms in total. The van der Waals surface area contributed by atoms with E-state index in [1.165, 1.54) is 5.56 Å². The molecule has 1 saturated heterocycles. The first kappa shape index (κ1) is 16.3. The third-order valence-corrected chi connectivity index (χ3v) is 4.28. The van der Waals surface area contributed by atoms with Gasteiger partial charge in [0.2, 0.25) is 0 Å². The lowest BCUT2D eigenvalue weighted by Gasteiger charge is -2.32. The van der Waals surface area contributed by atoms with Crippen LogP contribution in [0.5, 0.6) is 0 Å². The van der Waals surface area contributed by atoms with Crippen molar-refractivity contribution in [3.05, 3.63) is 47.9 Å². The van der Waals surface area contributed by atoms with Gasteiger partial charge in [-0.05, 0) is 40.3 Å². The van der Waals surface area contributed by atoms with E-state index in [0.29, 0.717) is 0 Å². The molecule has 0 aromatic heterocycles. The minimum Gasteiger partial charge on any atom is -0.400 e. The smallest absolute Gasteiger partial charge is 0.400 e. The van der Waals surface area contributed by atoms with Crippen molar-refractivity contribution < 1.29 is 9.31 Å². The van der Waals surface area contributed by atoms with Gasteiger partial charge in [-0.1, -0.05) is 42.4 Å². The quantitative estimate of drug-likeness (QED) is 0.776. The van der Waals surface area contributed by atoms with E-state index in [1.807, 2.05) is 12.0 Å². The summed E-state index contributed by atoms with van der Waals surface area (Å²) in [4.78, 5) is 2.26. The van der Waals surface area contributed by atoms with Crippen LogP contribution in [0.25, 0.3) is 0 Å².